The quantitative estimate of drug-likeness (QED) is 0.654. The van der Waals surface area contributed by atoms with Gasteiger partial charge in [0.15, 0.2) is 24.0 Å². The number of benzene rings is 2. The van der Waals surface area contributed by atoms with E-state index in [2.05, 4.69) is 10.4 Å². The number of carbonyl (C=O) groups is 1. The number of halogens is 2. The fraction of sp³-hybridized carbons (Fsp3) is 0.235. The summed E-state index contributed by atoms with van der Waals surface area (Å²) in [6.07, 6.45) is -0.443. The molecule has 0 aliphatic carbocycles. The van der Waals surface area contributed by atoms with Gasteiger partial charge in [0.25, 0.3) is 0 Å². The Balaban J connectivity index is 1.86. The Hall–Kier alpha value is -3.23. The first-order valence-corrected chi connectivity index (χ1v) is 7.76. The van der Waals surface area contributed by atoms with E-state index in [4.69, 9.17) is 10.5 Å². The summed E-state index contributed by atoms with van der Waals surface area (Å²) in [5.41, 5.74) is 7.98. The molecule has 136 valence electrons. The lowest BCUT2D eigenvalue weighted by atomic mass is 10.1. The molecule has 0 saturated carbocycles. The number of aryl methyl sites for hydroxylation is 1. The van der Waals surface area contributed by atoms with Crippen LogP contribution in [0.15, 0.2) is 40.8 Å². The van der Waals surface area contributed by atoms with Crippen molar-refractivity contribution in [1.82, 2.24) is 5.01 Å². The number of nitrogen functional groups attached to an aromatic ring is 1. The molecule has 7 nitrogen and oxygen atoms in total. The molecule has 0 fully saturated rings. The van der Waals surface area contributed by atoms with Gasteiger partial charge in [0.2, 0.25) is 5.82 Å². The van der Waals surface area contributed by atoms with Gasteiger partial charge < -0.3 is 10.5 Å². The first-order valence-electron chi connectivity index (χ1n) is 7.76. The van der Waals surface area contributed by atoms with Crippen LogP contribution in [0.5, 0.6) is 5.75 Å². The van der Waals surface area contributed by atoms with Crippen molar-refractivity contribution in [1.29, 1.82) is 0 Å². The maximum absolute atomic E-state index is 14.3. The van der Waals surface area contributed by atoms with Gasteiger partial charge in [-0.05, 0) is 41.5 Å². The molecule has 0 aromatic heterocycles. The van der Waals surface area contributed by atoms with Crippen LogP contribution < -0.4 is 15.5 Å². The number of hydrogen-bond acceptors (Lipinski definition) is 7. The molecule has 0 bridgehead atoms. The molecule has 2 aromatic rings. The first kappa shape index (κ1) is 17.6. The van der Waals surface area contributed by atoms with Crippen molar-refractivity contribution in [2.24, 2.45) is 10.4 Å². The molecule has 1 heterocycles. The summed E-state index contributed by atoms with van der Waals surface area (Å²) in [6.45, 7) is 2.12. The van der Waals surface area contributed by atoms with Crippen LogP contribution >= 0.6 is 0 Å². The lowest BCUT2D eigenvalue weighted by Gasteiger charge is -2.24. The Morgan fingerprint density at radius 2 is 2.00 bits per heavy atom. The van der Waals surface area contributed by atoms with Gasteiger partial charge in [-0.3, -0.25) is 4.79 Å². The molecule has 26 heavy (non-hydrogen) atoms. The van der Waals surface area contributed by atoms with Gasteiger partial charge in [-0.2, -0.15) is 4.39 Å². The highest BCUT2D eigenvalue weighted by Gasteiger charge is 2.33. The second-order valence-electron chi connectivity index (χ2n) is 5.78. The Bertz CT molecular complexity index is 874. The van der Waals surface area contributed by atoms with Crippen LogP contribution in [0.4, 0.5) is 20.2 Å². The Labute approximate surface area is 148 Å². The lowest BCUT2D eigenvalue weighted by Crippen LogP contribution is -2.40. The number of anilines is 2. The minimum absolute atomic E-state index is 0.208. The summed E-state index contributed by atoms with van der Waals surface area (Å²) in [4.78, 5) is 11.6. The molecular formula is C17H17F2N5O2. The van der Waals surface area contributed by atoms with E-state index < -0.39 is 17.8 Å². The number of rotatable bonds is 5. The summed E-state index contributed by atoms with van der Waals surface area (Å²) < 4.78 is 33.0. The SMILES string of the molecule is COc1ccc(N2N=NN(Cc3ccc(N)c(C)c3)C2C=O)c(F)c1F. The Morgan fingerprint density at radius 3 is 2.65 bits per heavy atom. The van der Waals surface area contributed by atoms with Gasteiger partial charge in [0, 0.05) is 5.69 Å². The average molecular weight is 361 g/mol. The van der Waals surface area contributed by atoms with Gasteiger partial charge in [0.05, 0.1) is 13.7 Å². The second kappa shape index (κ2) is 6.95. The number of nitrogens with two attached hydrogens (primary N) is 1. The zero-order chi connectivity index (χ0) is 18.8. The zero-order valence-electron chi connectivity index (χ0n) is 14.2. The monoisotopic (exact) mass is 361 g/mol. The fourth-order valence-electron chi connectivity index (χ4n) is 2.65. The van der Waals surface area contributed by atoms with Crippen LogP contribution in [0.2, 0.25) is 0 Å². The van der Waals surface area contributed by atoms with E-state index in [1.54, 1.807) is 12.1 Å². The van der Waals surface area contributed by atoms with Crippen molar-refractivity contribution in [3.8, 4) is 5.75 Å². The van der Waals surface area contributed by atoms with Crippen molar-refractivity contribution in [2.75, 3.05) is 17.9 Å². The van der Waals surface area contributed by atoms with Crippen molar-refractivity contribution in [2.45, 2.75) is 19.6 Å². The van der Waals surface area contributed by atoms with E-state index in [0.717, 1.165) is 16.1 Å². The molecule has 3 rings (SSSR count). The fourth-order valence-corrected chi connectivity index (χ4v) is 2.65. The summed E-state index contributed by atoms with van der Waals surface area (Å²) >= 11 is 0. The largest absolute Gasteiger partial charge is 0.494 e. The van der Waals surface area contributed by atoms with Crippen molar-refractivity contribution >= 4 is 17.7 Å². The van der Waals surface area contributed by atoms with E-state index in [-0.39, 0.29) is 18.0 Å². The third kappa shape index (κ3) is 3.03. The highest BCUT2D eigenvalue weighted by molar-refractivity contribution is 5.66. The summed E-state index contributed by atoms with van der Waals surface area (Å²) in [7, 11) is 1.23. The van der Waals surface area contributed by atoms with Crippen LogP contribution in [-0.2, 0) is 11.3 Å². The molecule has 0 saturated heterocycles. The number of carbonyl (C=O) groups excluding carboxylic acids is 1. The molecule has 0 radical (unpaired) electrons. The molecule has 0 amide bonds. The maximum Gasteiger partial charge on any atom is 0.202 e. The summed E-state index contributed by atoms with van der Waals surface area (Å²) in [5, 5.41) is 10.1. The summed E-state index contributed by atoms with van der Waals surface area (Å²) in [6, 6.07) is 7.96. The number of methoxy groups -OCH3 is 1. The van der Waals surface area contributed by atoms with Gasteiger partial charge in [-0.15, -0.1) is 0 Å². The van der Waals surface area contributed by atoms with E-state index >= 15 is 0 Å². The van der Waals surface area contributed by atoms with Crippen LogP contribution in [-0.4, -0.2) is 24.6 Å². The van der Waals surface area contributed by atoms with Crippen molar-refractivity contribution < 1.29 is 18.3 Å². The van der Waals surface area contributed by atoms with Crippen LogP contribution in [0.25, 0.3) is 0 Å². The average Bonchev–Trinajstić information content (AvgIpc) is 3.02. The van der Waals surface area contributed by atoms with E-state index in [1.807, 2.05) is 13.0 Å². The van der Waals surface area contributed by atoms with E-state index in [1.165, 1.54) is 24.3 Å². The molecule has 1 aliphatic heterocycles. The minimum atomic E-state index is -1.17. The molecule has 2 N–H and O–H groups in total. The smallest absolute Gasteiger partial charge is 0.202 e. The molecule has 2 aromatic carbocycles. The normalized spacial score (nSPS) is 16.2. The molecule has 1 unspecified atom stereocenters. The van der Waals surface area contributed by atoms with E-state index in [0.29, 0.717) is 12.0 Å². The van der Waals surface area contributed by atoms with Gasteiger partial charge in [-0.25, -0.2) is 14.4 Å². The van der Waals surface area contributed by atoms with E-state index in [9.17, 15) is 13.6 Å². The predicted molar refractivity (Wildman–Crippen MR) is 91.2 cm³/mol. The standard InChI is InChI=1S/C17H17F2N5O2/c1-10-7-11(3-4-12(10)20)8-23-15(9-25)24(22-21-23)13-5-6-14(26-2)17(19)16(13)18/h3-7,9,15H,8,20H2,1-2H3. The Kier molecular flexibility index (Phi) is 4.70. The third-order valence-electron chi connectivity index (χ3n) is 4.10. The van der Waals surface area contributed by atoms with Gasteiger partial charge >= 0.3 is 0 Å². The number of hydrogen-bond donors (Lipinski definition) is 1. The number of ether oxygens (including phenoxy) is 1. The minimum Gasteiger partial charge on any atom is -0.494 e. The predicted octanol–water partition coefficient (Wildman–Crippen LogP) is 2.99. The summed E-state index contributed by atoms with van der Waals surface area (Å²) in [5.74, 6) is -2.56. The van der Waals surface area contributed by atoms with Crippen LogP contribution in [0.3, 0.4) is 0 Å². The van der Waals surface area contributed by atoms with Crippen LogP contribution in [0.1, 0.15) is 11.1 Å². The lowest BCUT2D eigenvalue weighted by molar-refractivity contribution is -0.111. The highest BCUT2D eigenvalue weighted by Crippen LogP contribution is 2.32. The molecular weight excluding hydrogens is 344 g/mol. The molecule has 9 heteroatoms. The highest BCUT2D eigenvalue weighted by atomic mass is 19.2. The number of aldehydes is 1. The topological polar surface area (TPSA) is 83.5 Å². The molecule has 1 aliphatic rings. The number of nitrogens with zero attached hydrogens (tertiary/aromatic N) is 4. The van der Waals surface area contributed by atoms with Crippen LogP contribution in [0, 0.1) is 18.6 Å². The van der Waals surface area contributed by atoms with Crippen molar-refractivity contribution in [3.05, 3.63) is 53.1 Å². The van der Waals surface area contributed by atoms with Crippen molar-refractivity contribution in [3.63, 3.8) is 0 Å². The second-order valence-corrected chi connectivity index (χ2v) is 5.78. The zero-order valence-corrected chi connectivity index (χ0v) is 14.2. The van der Waals surface area contributed by atoms with Gasteiger partial charge in [0.1, 0.15) is 5.69 Å². The maximum atomic E-state index is 14.3. The first-order chi connectivity index (χ1) is 12.5. The molecule has 0 spiro atoms. The third-order valence-corrected chi connectivity index (χ3v) is 4.10. The van der Waals surface area contributed by atoms with Gasteiger partial charge in [-0.1, -0.05) is 17.4 Å². The Morgan fingerprint density at radius 1 is 1.23 bits per heavy atom. The molecule has 1 atom stereocenters.